The summed E-state index contributed by atoms with van der Waals surface area (Å²) in [5.41, 5.74) is 1.58. The van der Waals surface area contributed by atoms with Crippen LogP contribution in [0.2, 0.25) is 38.6 Å². The van der Waals surface area contributed by atoms with Gasteiger partial charge >= 0.3 is 0 Å². The van der Waals surface area contributed by atoms with Gasteiger partial charge in [0.1, 0.15) is 6.71 Å². The fourth-order valence-corrected chi connectivity index (χ4v) is 4.15. The maximum atomic E-state index is 6.06. The molecule has 0 aromatic rings. The van der Waals surface area contributed by atoms with Crippen LogP contribution in [0.15, 0.2) is 24.3 Å². The molecule has 0 spiro atoms. The van der Waals surface area contributed by atoms with Gasteiger partial charge in [0.2, 0.25) is 0 Å². The fraction of sp³-hybridized carbons (Fsp3) is 0.733. The monoisotopic (exact) mass is 262 g/mol. The van der Waals surface area contributed by atoms with Crippen LogP contribution in [0, 0.1) is 11.8 Å². The van der Waals surface area contributed by atoms with Crippen LogP contribution in [-0.4, -0.2) is 21.6 Å². The predicted molar refractivity (Wildman–Crippen MR) is 84.0 cm³/mol. The molecular formula is C15H27BOSi. The van der Waals surface area contributed by atoms with E-state index in [1.807, 2.05) is 0 Å². The molecule has 2 bridgehead atoms. The first-order valence-electron chi connectivity index (χ1n) is 7.40. The van der Waals surface area contributed by atoms with Gasteiger partial charge < -0.3 is 4.43 Å². The van der Waals surface area contributed by atoms with E-state index in [-0.39, 0.29) is 0 Å². The zero-order valence-electron chi connectivity index (χ0n) is 12.2. The van der Waals surface area contributed by atoms with Crippen molar-refractivity contribution in [1.82, 2.24) is 0 Å². The van der Waals surface area contributed by atoms with Gasteiger partial charge in [-0.15, -0.1) is 6.58 Å². The lowest BCUT2D eigenvalue weighted by Crippen LogP contribution is -2.32. The van der Waals surface area contributed by atoms with Crippen LogP contribution < -0.4 is 0 Å². The minimum atomic E-state index is -1.36. The summed E-state index contributed by atoms with van der Waals surface area (Å²) in [5.74, 6) is 1.74. The first-order chi connectivity index (χ1) is 8.46. The van der Waals surface area contributed by atoms with Crippen molar-refractivity contribution in [2.45, 2.75) is 51.4 Å². The van der Waals surface area contributed by atoms with Crippen LogP contribution in [0.1, 0.15) is 12.8 Å². The SMILES string of the molecule is C=CCB1CC2C=C(CO[Si](C)(C)C)CC(C1)C2. The van der Waals surface area contributed by atoms with Crippen molar-refractivity contribution >= 4 is 15.0 Å². The van der Waals surface area contributed by atoms with Gasteiger partial charge in [0.15, 0.2) is 8.32 Å². The van der Waals surface area contributed by atoms with Crippen LogP contribution in [0.5, 0.6) is 0 Å². The van der Waals surface area contributed by atoms with Crippen molar-refractivity contribution < 1.29 is 4.43 Å². The average molecular weight is 262 g/mol. The normalized spacial score (nSPS) is 27.9. The van der Waals surface area contributed by atoms with E-state index in [0.29, 0.717) is 0 Å². The molecule has 0 amide bonds. The lowest BCUT2D eigenvalue weighted by atomic mass is 9.35. The van der Waals surface area contributed by atoms with Gasteiger partial charge in [-0.25, -0.2) is 0 Å². The van der Waals surface area contributed by atoms with Crippen molar-refractivity contribution in [2.75, 3.05) is 6.61 Å². The molecule has 3 heteroatoms. The first-order valence-corrected chi connectivity index (χ1v) is 10.8. The summed E-state index contributed by atoms with van der Waals surface area (Å²) in [7, 11) is -1.36. The Balaban J connectivity index is 1.91. The average Bonchev–Trinajstić information content (AvgIpc) is 2.25. The summed E-state index contributed by atoms with van der Waals surface area (Å²) >= 11 is 0. The lowest BCUT2D eigenvalue weighted by molar-refractivity contribution is 0.315. The summed E-state index contributed by atoms with van der Waals surface area (Å²) in [6.45, 7) is 12.5. The van der Waals surface area contributed by atoms with Gasteiger partial charge in [-0.2, -0.15) is 0 Å². The van der Waals surface area contributed by atoms with Crippen molar-refractivity contribution in [3.63, 3.8) is 0 Å². The van der Waals surface area contributed by atoms with Crippen LogP contribution >= 0.6 is 0 Å². The van der Waals surface area contributed by atoms with Gasteiger partial charge in [0.05, 0.1) is 6.61 Å². The van der Waals surface area contributed by atoms with Crippen LogP contribution in [0.4, 0.5) is 0 Å². The molecular weight excluding hydrogens is 235 g/mol. The molecule has 1 fully saturated rings. The first kappa shape index (κ1) is 14.1. The van der Waals surface area contributed by atoms with Crippen molar-refractivity contribution in [2.24, 2.45) is 11.8 Å². The number of hydrogen-bond donors (Lipinski definition) is 0. The third-order valence-corrected chi connectivity index (χ3v) is 5.16. The largest absolute Gasteiger partial charge is 0.414 e. The highest BCUT2D eigenvalue weighted by Gasteiger charge is 2.33. The summed E-state index contributed by atoms with van der Waals surface area (Å²) in [6, 6.07) is 0. The maximum absolute atomic E-state index is 6.06. The zero-order chi connectivity index (χ0) is 13.2. The summed E-state index contributed by atoms with van der Waals surface area (Å²) in [6.07, 6.45) is 11.3. The van der Waals surface area contributed by atoms with E-state index >= 15 is 0 Å². The highest BCUT2D eigenvalue weighted by atomic mass is 28.4. The Morgan fingerprint density at radius 3 is 2.83 bits per heavy atom. The Morgan fingerprint density at radius 2 is 2.22 bits per heavy atom. The Labute approximate surface area is 114 Å². The standard InChI is InChI=1S/C15H27BOSi/c1-5-6-16-10-13-7-14(11-16)9-15(8-13)12-17-18(2,3)4/h5,8,13-14H,1,6-7,9-12H2,2-4H3. The van der Waals surface area contributed by atoms with Crippen LogP contribution in [-0.2, 0) is 4.43 Å². The van der Waals surface area contributed by atoms with Crippen molar-refractivity contribution in [1.29, 1.82) is 0 Å². The molecule has 100 valence electrons. The molecule has 2 aliphatic rings. The molecule has 2 unspecified atom stereocenters. The van der Waals surface area contributed by atoms with E-state index in [2.05, 4.69) is 38.4 Å². The summed E-state index contributed by atoms with van der Waals surface area (Å²) in [5, 5.41) is 0. The Kier molecular flexibility index (Phi) is 4.55. The van der Waals surface area contributed by atoms with Gasteiger partial charge in [0.25, 0.3) is 0 Å². The van der Waals surface area contributed by atoms with E-state index in [1.165, 1.54) is 31.8 Å². The fourth-order valence-electron chi connectivity index (χ4n) is 3.54. The van der Waals surface area contributed by atoms with Gasteiger partial charge in [0, 0.05) is 0 Å². The topological polar surface area (TPSA) is 9.23 Å². The molecule has 1 aliphatic heterocycles. The second-order valence-electron chi connectivity index (χ2n) is 7.15. The van der Waals surface area contributed by atoms with Gasteiger partial charge in [-0.1, -0.05) is 31.1 Å². The van der Waals surface area contributed by atoms with Crippen LogP contribution in [0.25, 0.3) is 0 Å². The van der Waals surface area contributed by atoms with E-state index in [1.54, 1.807) is 5.57 Å². The molecule has 1 heterocycles. The maximum Gasteiger partial charge on any atom is 0.184 e. The number of hydrogen-bond acceptors (Lipinski definition) is 1. The molecule has 18 heavy (non-hydrogen) atoms. The minimum Gasteiger partial charge on any atom is -0.414 e. The number of rotatable bonds is 5. The number of fused-ring (bicyclic) bond motifs is 2. The second-order valence-corrected chi connectivity index (χ2v) is 11.7. The van der Waals surface area contributed by atoms with Crippen molar-refractivity contribution in [3.8, 4) is 0 Å². The molecule has 0 aromatic heterocycles. The Bertz CT molecular complexity index is 332. The zero-order valence-corrected chi connectivity index (χ0v) is 13.2. The molecule has 0 saturated carbocycles. The van der Waals surface area contributed by atoms with Gasteiger partial charge in [-0.05, 0) is 49.9 Å². The second kappa shape index (κ2) is 5.79. The van der Waals surface area contributed by atoms with Crippen molar-refractivity contribution in [3.05, 3.63) is 24.3 Å². The molecule has 1 aliphatic carbocycles. The Morgan fingerprint density at radius 1 is 1.44 bits per heavy atom. The number of allylic oxidation sites excluding steroid dienone is 2. The Hall–Kier alpha value is -0.278. The van der Waals surface area contributed by atoms with E-state index in [4.69, 9.17) is 4.43 Å². The summed E-state index contributed by atoms with van der Waals surface area (Å²) < 4.78 is 6.06. The third kappa shape index (κ3) is 4.13. The predicted octanol–water partition coefficient (Wildman–Crippen LogP) is 4.48. The highest BCUT2D eigenvalue weighted by Crippen LogP contribution is 2.40. The molecule has 2 atom stereocenters. The van der Waals surface area contributed by atoms with E-state index < -0.39 is 8.32 Å². The molecule has 1 nitrogen and oxygen atoms in total. The smallest absolute Gasteiger partial charge is 0.184 e. The van der Waals surface area contributed by atoms with Crippen LogP contribution in [0.3, 0.4) is 0 Å². The molecule has 1 saturated heterocycles. The summed E-state index contributed by atoms with van der Waals surface area (Å²) in [4.78, 5) is 0. The molecule has 2 rings (SSSR count). The van der Waals surface area contributed by atoms with E-state index in [0.717, 1.165) is 25.2 Å². The minimum absolute atomic E-state index is 0.822. The molecule has 0 aromatic carbocycles. The lowest BCUT2D eigenvalue weighted by Gasteiger charge is -2.37. The van der Waals surface area contributed by atoms with E-state index in [9.17, 15) is 0 Å². The molecule has 0 radical (unpaired) electrons. The van der Waals surface area contributed by atoms with Gasteiger partial charge in [-0.3, -0.25) is 0 Å². The molecule has 0 N–H and O–H groups in total. The quantitative estimate of drug-likeness (QED) is 0.524. The third-order valence-electron chi connectivity index (χ3n) is 4.15. The highest BCUT2D eigenvalue weighted by molar-refractivity contribution is 6.69.